The van der Waals surface area contributed by atoms with E-state index < -0.39 is 4.92 Å². The molecule has 1 atom stereocenters. The quantitative estimate of drug-likeness (QED) is 0.177. The van der Waals surface area contributed by atoms with Crippen molar-refractivity contribution < 1.29 is 14.4 Å². The van der Waals surface area contributed by atoms with Crippen molar-refractivity contribution in [2.45, 2.75) is 25.4 Å². The van der Waals surface area contributed by atoms with Crippen LogP contribution in [0.15, 0.2) is 29.3 Å². The van der Waals surface area contributed by atoms with Gasteiger partial charge in [-0.3, -0.25) is 15.1 Å². The Kier molecular flexibility index (Phi) is 9.36. The van der Waals surface area contributed by atoms with Crippen LogP contribution in [0.5, 0.6) is 0 Å². The first-order chi connectivity index (χ1) is 13.2. The van der Waals surface area contributed by atoms with Crippen LogP contribution in [-0.4, -0.2) is 63.5 Å². The number of nitro benzene ring substituents is 1. The number of anilines is 1. The molecule has 1 aliphatic rings. The zero-order valence-corrected chi connectivity index (χ0v) is 15.8. The number of ether oxygens (including phenoxy) is 2. The lowest BCUT2D eigenvalue weighted by atomic mass is 10.2. The van der Waals surface area contributed by atoms with E-state index in [-0.39, 0.29) is 11.8 Å². The van der Waals surface area contributed by atoms with Crippen LogP contribution in [0, 0.1) is 10.1 Å². The molecule has 0 aliphatic carbocycles. The maximum atomic E-state index is 11.0. The van der Waals surface area contributed by atoms with E-state index >= 15 is 0 Å². The van der Waals surface area contributed by atoms with Gasteiger partial charge in [0, 0.05) is 46.0 Å². The molecule has 9 nitrogen and oxygen atoms in total. The molecule has 0 spiro atoms. The van der Waals surface area contributed by atoms with E-state index in [1.807, 2.05) is 0 Å². The summed E-state index contributed by atoms with van der Waals surface area (Å²) in [6, 6.07) is 6.60. The minimum Gasteiger partial charge on any atom is -0.379 e. The standard InChI is InChI=1S/C18H29N5O4/c1-19-18(21-9-5-12-26-14-15-6-4-13-27-15)22-11-10-20-16-7-2-3-8-17(16)23(24)25/h2-3,7-8,15,20H,4-6,9-14H2,1H3,(H2,19,21,22). The van der Waals surface area contributed by atoms with Crippen LogP contribution in [0.3, 0.4) is 0 Å². The normalized spacial score (nSPS) is 16.9. The van der Waals surface area contributed by atoms with Crippen molar-refractivity contribution in [2.75, 3.05) is 51.8 Å². The Hall–Kier alpha value is -2.39. The number of rotatable bonds is 11. The SMILES string of the molecule is CN=C(NCCCOCC1CCCO1)NCCNc1ccccc1[N+](=O)[O-]. The molecule has 150 valence electrons. The molecule has 1 saturated heterocycles. The predicted octanol–water partition coefficient (Wildman–Crippen LogP) is 1.76. The Labute approximate surface area is 159 Å². The van der Waals surface area contributed by atoms with E-state index in [2.05, 4.69) is 20.9 Å². The van der Waals surface area contributed by atoms with Crippen molar-refractivity contribution in [1.82, 2.24) is 10.6 Å². The lowest BCUT2D eigenvalue weighted by Crippen LogP contribution is -2.40. The summed E-state index contributed by atoms with van der Waals surface area (Å²) in [7, 11) is 1.71. The number of guanidine groups is 1. The fourth-order valence-electron chi connectivity index (χ4n) is 2.75. The summed E-state index contributed by atoms with van der Waals surface area (Å²) in [6.45, 7) is 4.08. The van der Waals surface area contributed by atoms with Crippen LogP contribution < -0.4 is 16.0 Å². The largest absolute Gasteiger partial charge is 0.379 e. The van der Waals surface area contributed by atoms with Crippen molar-refractivity contribution in [3.63, 3.8) is 0 Å². The van der Waals surface area contributed by atoms with E-state index in [1.165, 1.54) is 6.07 Å². The van der Waals surface area contributed by atoms with E-state index in [1.54, 1.807) is 25.2 Å². The van der Waals surface area contributed by atoms with E-state index in [0.717, 1.165) is 32.4 Å². The molecule has 1 fully saturated rings. The van der Waals surface area contributed by atoms with Gasteiger partial charge in [-0.15, -0.1) is 0 Å². The van der Waals surface area contributed by atoms with Gasteiger partial charge in [0.25, 0.3) is 5.69 Å². The molecule has 1 aliphatic heterocycles. The fraction of sp³-hybridized carbons (Fsp3) is 0.611. The third-order valence-electron chi connectivity index (χ3n) is 4.14. The smallest absolute Gasteiger partial charge is 0.292 e. The summed E-state index contributed by atoms with van der Waals surface area (Å²) in [6.07, 6.45) is 3.36. The van der Waals surface area contributed by atoms with Crippen molar-refractivity contribution in [2.24, 2.45) is 4.99 Å². The summed E-state index contributed by atoms with van der Waals surface area (Å²) < 4.78 is 11.1. The summed E-state index contributed by atoms with van der Waals surface area (Å²) in [4.78, 5) is 14.7. The first-order valence-corrected chi connectivity index (χ1v) is 9.32. The highest BCUT2D eigenvalue weighted by Gasteiger charge is 2.15. The van der Waals surface area contributed by atoms with Crippen LogP contribution >= 0.6 is 0 Å². The van der Waals surface area contributed by atoms with Gasteiger partial charge in [-0.2, -0.15) is 0 Å². The monoisotopic (exact) mass is 379 g/mol. The fourth-order valence-corrected chi connectivity index (χ4v) is 2.75. The second-order valence-corrected chi connectivity index (χ2v) is 6.19. The van der Waals surface area contributed by atoms with Gasteiger partial charge in [0.2, 0.25) is 0 Å². The molecule has 9 heteroatoms. The molecule has 1 heterocycles. The third-order valence-corrected chi connectivity index (χ3v) is 4.14. The zero-order chi connectivity index (χ0) is 19.3. The summed E-state index contributed by atoms with van der Waals surface area (Å²) >= 11 is 0. The molecule has 0 amide bonds. The molecule has 27 heavy (non-hydrogen) atoms. The molecule has 0 saturated carbocycles. The number of para-hydroxylation sites is 2. The summed E-state index contributed by atoms with van der Waals surface area (Å²) in [5.74, 6) is 0.693. The number of nitro groups is 1. The maximum absolute atomic E-state index is 11.0. The summed E-state index contributed by atoms with van der Waals surface area (Å²) in [5.41, 5.74) is 0.582. The number of benzene rings is 1. The molecular weight excluding hydrogens is 350 g/mol. The van der Waals surface area contributed by atoms with Crippen molar-refractivity contribution in [1.29, 1.82) is 0 Å². The van der Waals surface area contributed by atoms with Gasteiger partial charge < -0.3 is 25.4 Å². The van der Waals surface area contributed by atoms with Crippen LogP contribution in [-0.2, 0) is 9.47 Å². The highest BCUT2D eigenvalue weighted by Crippen LogP contribution is 2.22. The molecule has 3 N–H and O–H groups in total. The average molecular weight is 379 g/mol. The Morgan fingerprint density at radius 1 is 1.33 bits per heavy atom. The molecule has 1 aromatic carbocycles. The number of nitrogens with zero attached hydrogens (tertiary/aromatic N) is 2. The van der Waals surface area contributed by atoms with Gasteiger partial charge in [0.1, 0.15) is 5.69 Å². The Morgan fingerprint density at radius 2 is 2.15 bits per heavy atom. The van der Waals surface area contributed by atoms with Crippen LogP contribution in [0.1, 0.15) is 19.3 Å². The molecular formula is C18H29N5O4. The minimum absolute atomic E-state index is 0.0722. The number of hydrogen-bond acceptors (Lipinski definition) is 6. The van der Waals surface area contributed by atoms with E-state index in [4.69, 9.17) is 9.47 Å². The topological polar surface area (TPSA) is 110 Å². The highest BCUT2D eigenvalue weighted by atomic mass is 16.6. The highest BCUT2D eigenvalue weighted by molar-refractivity contribution is 5.79. The number of aliphatic imine (C=N–C) groups is 1. The molecule has 2 rings (SSSR count). The van der Waals surface area contributed by atoms with Crippen LogP contribution in [0.2, 0.25) is 0 Å². The lowest BCUT2D eigenvalue weighted by molar-refractivity contribution is -0.384. The number of nitrogens with one attached hydrogen (secondary N) is 3. The molecule has 0 bridgehead atoms. The predicted molar refractivity (Wildman–Crippen MR) is 105 cm³/mol. The molecule has 1 aromatic rings. The summed E-state index contributed by atoms with van der Waals surface area (Å²) in [5, 5.41) is 20.4. The van der Waals surface area contributed by atoms with Gasteiger partial charge in [-0.1, -0.05) is 12.1 Å². The Bertz CT molecular complexity index is 605. The third kappa shape index (κ3) is 7.79. The van der Waals surface area contributed by atoms with Gasteiger partial charge in [0.05, 0.1) is 17.6 Å². The van der Waals surface area contributed by atoms with Gasteiger partial charge in [-0.25, -0.2) is 0 Å². The molecule has 0 aromatic heterocycles. The van der Waals surface area contributed by atoms with Crippen LogP contribution in [0.4, 0.5) is 11.4 Å². The van der Waals surface area contributed by atoms with E-state index in [0.29, 0.717) is 38.0 Å². The maximum Gasteiger partial charge on any atom is 0.292 e. The van der Waals surface area contributed by atoms with Gasteiger partial charge in [0.15, 0.2) is 5.96 Å². The Morgan fingerprint density at radius 3 is 2.89 bits per heavy atom. The Balaban J connectivity index is 1.54. The van der Waals surface area contributed by atoms with Crippen molar-refractivity contribution in [3.05, 3.63) is 34.4 Å². The molecule has 0 radical (unpaired) electrons. The number of hydrogen-bond donors (Lipinski definition) is 3. The second kappa shape index (κ2) is 12.1. The zero-order valence-electron chi connectivity index (χ0n) is 15.8. The van der Waals surface area contributed by atoms with Gasteiger partial charge in [-0.05, 0) is 25.3 Å². The van der Waals surface area contributed by atoms with Gasteiger partial charge >= 0.3 is 0 Å². The average Bonchev–Trinajstić information content (AvgIpc) is 3.19. The lowest BCUT2D eigenvalue weighted by Gasteiger charge is -2.13. The van der Waals surface area contributed by atoms with Crippen molar-refractivity contribution >= 4 is 17.3 Å². The van der Waals surface area contributed by atoms with E-state index in [9.17, 15) is 10.1 Å². The first-order valence-electron chi connectivity index (χ1n) is 9.32. The first kappa shape index (κ1) is 20.9. The second-order valence-electron chi connectivity index (χ2n) is 6.19. The molecule has 1 unspecified atom stereocenters. The van der Waals surface area contributed by atoms with Crippen molar-refractivity contribution in [3.8, 4) is 0 Å². The van der Waals surface area contributed by atoms with Crippen LogP contribution in [0.25, 0.3) is 0 Å². The minimum atomic E-state index is -0.392.